The Morgan fingerprint density at radius 3 is 1.37 bits per heavy atom. The van der Waals surface area contributed by atoms with E-state index in [1.54, 1.807) is 0 Å². The molecular weight excluding hydrogens is 629 g/mol. The Balaban J connectivity index is 1.07. The lowest BCUT2D eigenvalue weighted by atomic mass is 9.67. The normalized spacial score (nSPS) is 19.7. The second-order valence-electron chi connectivity index (χ2n) is 13.8. The summed E-state index contributed by atoms with van der Waals surface area (Å²) in [5, 5.41) is 2.49. The van der Waals surface area contributed by atoms with Crippen molar-refractivity contribution in [2.24, 2.45) is 0 Å². The molecule has 2 fully saturated rings. The molecule has 2 heterocycles. The third-order valence-corrected chi connectivity index (χ3v) is 10.6. The first-order valence-electron chi connectivity index (χ1n) is 17.8. The molecule has 51 heavy (non-hydrogen) atoms. The van der Waals surface area contributed by atoms with Gasteiger partial charge >= 0.3 is 0 Å². The van der Waals surface area contributed by atoms with Crippen LogP contribution in [0.15, 0.2) is 158 Å². The molecule has 3 aliphatic rings. The van der Waals surface area contributed by atoms with Crippen LogP contribution in [0.5, 0.6) is 11.5 Å². The molecule has 1 aliphatic carbocycles. The maximum atomic E-state index is 5.89. The van der Waals surface area contributed by atoms with Crippen LogP contribution in [-0.4, -0.2) is 38.6 Å². The van der Waals surface area contributed by atoms with Crippen molar-refractivity contribution in [3.8, 4) is 44.9 Å². The Morgan fingerprint density at radius 1 is 0.451 bits per heavy atom. The monoisotopic (exact) mass is 664 g/mol. The summed E-state index contributed by atoms with van der Waals surface area (Å²) in [6.07, 6.45) is 0.479. The summed E-state index contributed by atoms with van der Waals surface area (Å²) >= 11 is 0. The Bertz CT molecular complexity index is 2250. The zero-order chi connectivity index (χ0) is 33.8. The number of hydrogen-bond acceptors (Lipinski definition) is 4. The fourth-order valence-electron chi connectivity index (χ4n) is 7.77. The van der Waals surface area contributed by atoms with E-state index in [0.29, 0.717) is 13.2 Å². The molecule has 2 aliphatic heterocycles. The molecule has 7 aromatic rings. The van der Waals surface area contributed by atoms with Crippen LogP contribution in [0.25, 0.3) is 44.2 Å². The molecule has 248 valence electrons. The van der Waals surface area contributed by atoms with E-state index in [0.717, 1.165) is 35.8 Å². The fraction of sp³-hybridized carbons (Fsp3) is 0.149. The van der Waals surface area contributed by atoms with Crippen molar-refractivity contribution in [1.82, 2.24) is 0 Å². The van der Waals surface area contributed by atoms with Gasteiger partial charge in [-0.1, -0.05) is 121 Å². The molecule has 2 saturated heterocycles. The maximum Gasteiger partial charge on any atom is 0.119 e. The van der Waals surface area contributed by atoms with Gasteiger partial charge in [-0.05, 0) is 103 Å². The van der Waals surface area contributed by atoms with Crippen LogP contribution < -0.4 is 9.47 Å². The van der Waals surface area contributed by atoms with Gasteiger partial charge in [0.1, 0.15) is 36.9 Å². The number of hydrogen-bond donors (Lipinski definition) is 0. The zero-order valence-corrected chi connectivity index (χ0v) is 28.1. The lowest BCUT2D eigenvalue weighted by Crippen LogP contribution is -2.28. The summed E-state index contributed by atoms with van der Waals surface area (Å²) in [5.74, 6) is 1.74. The van der Waals surface area contributed by atoms with Crippen LogP contribution >= 0.6 is 0 Å². The standard InChI is InChI=1S/C47H36O4/c1-2-6-36-26-46-44(25-35(36)5-1)43-7-3-4-8-45(43)47(46,37-17-9-31(10-18-37)33-13-21-39(22-14-33)48-27-41-29-50-41)38-19-11-32(12-20-38)34-15-23-40(24-16-34)49-28-42-30-51-42/h1-26,41-42H,27-30H2. The molecule has 0 saturated carbocycles. The summed E-state index contributed by atoms with van der Waals surface area (Å²) in [5.41, 5.74) is 11.8. The number of fused-ring (bicyclic) bond motifs is 4. The smallest absolute Gasteiger partial charge is 0.119 e. The van der Waals surface area contributed by atoms with E-state index in [9.17, 15) is 0 Å². The number of benzene rings is 7. The second-order valence-corrected chi connectivity index (χ2v) is 13.8. The topological polar surface area (TPSA) is 43.5 Å². The molecule has 0 amide bonds. The first-order valence-corrected chi connectivity index (χ1v) is 17.8. The minimum Gasteiger partial charge on any atom is -0.491 e. The summed E-state index contributed by atoms with van der Waals surface area (Å²) in [7, 11) is 0. The van der Waals surface area contributed by atoms with Crippen molar-refractivity contribution in [2.75, 3.05) is 26.4 Å². The van der Waals surface area contributed by atoms with E-state index in [1.165, 1.54) is 55.3 Å². The van der Waals surface area contributed by atoms with Crippen LogP contribution in [0.4, 0.5) is 0 Å². The van der Waals surface area contributed by atoms with E-state index in [4.69, 9.17) is 18.9 Å². The van der Waals surface area contributed by atoms with Gasteiger partial charge in [-0.25, -0.2) is 0 Å². The molecule has 0 N–H and O–H groups in total. The molecule has 0 bridgehead atoms. The number of rotatable bonds is 10. The van der Waals surface area contributed by atoms with Gasteiger partial charge in [-0.15, -0.1) is 0 Å². The van der Waals surface area contributed by atoms with E-state index in [1.807, 2.05) is 24.3 Å². The third kappa shape index (κ3) is 5.48. The quantitative estimate of drug-likeness (QED) is 0.137. The highest BCUT2D eigenvalue weighted by Crippen LogP contribution is 2.57. The van der Waals surface area contributed by atoms with Crippen molar-refractivity contribution in [3.63, 3.8) is 0 Å². The highest BCUT2D eigenvalue weighted by Gasteiger charge is 2.46. The van der Waals surface area contributed by atoms with Crippen LogP contribution in [-0.2, 0) is 14.9 Å². The highest BCUT2D eigenvalue weighted by molar-refractivity contribution is 5.96. The van der Waals surface area contributed by atoms with Gasteiger partial charge in [0.05, 0.1) is 18.6 Å². The van der Waals surface area contributed by atoms with E-state index in [-0.39, 0.29) is 12.2 Å². The Kier molecular flexibility index (Phi) is 7.26. The lowest BCUT2D eigenvalue weighted by Gasteiger charge is -2.34. The average molecular weight is 665 g/mol. The van der Waals surface area contributed by atoms with E-state index < -0.39 is 5.41 Å². The van der Waals surface area contributed by atoms with Gasteiger partial charge in [0, 0.05) is 0 Å². The van der Waals surface area contributed by atoms with Crippen molar-refractivity contribution >= 4 is 10.8 Å². The lowest BCUT2D eigenvalue weighted by molar-refractivity contribution is 0.263. The van der Waals surface area contributed by atoms with Crippen LogP contribution in [0.1, 0.15) is 22.3 Å². The van der Waals surface area contributed by atoms with Gasteiger partial charge in [-0.3, -0.25) is 0 Å². The molecule has 0 spiro atoms. The summed E-state index contributed by atoms with van der Waals surface area (Å²) < 4.78 is 22.4. The molecule has 4 heteroatoms. The second kappa shape index (κ2) is 12.3. The van der Waals surface area contributed by atoms with E-state index in [2.05, 4.69) is 133 Å². The minimum atomic E-state index is -0.502. The largest absolute Gasteiger partial charge is 0.491 e. The van der Waals surface area contributed by atoms with E-state index >= 15 is 0 Å². The van der Waals surface area contributed by atoms with Crippen LogP contribution in [0, 0.1) is 0 Å². The first kappa shape index (κ1) is 30.2. The SMILES string of the molecule is c1ccc2c(c1)-c1cc3ccccc3cc1C2(c1ccc(-c2ccc(OCC3CO3)cc2)cc1)c1ccc(-c2ccc(OCC3CO3)cc2)cc1. The van der Waals surface area contributed by atoms with Gasteiger partial charge in [-0.2, -0.15) is 0 Å². The maximum absolute atomic E-state index is 5.89. The molecule has 0 aromatic heterocycles. The highest BCUT2D eigenvalue weighted by atomic mass is 16.6. The first-order chi connectivity index (χ1) is 25.2. The van der Waals surface area contributed by atoms with Gasteiger partial charge < -0.3 is 18.9 Å². The summed E-state index contributed by atoms with van der Waals surface area (Å²) in [4.78, 5) is 0. The van der Waals surface area contributed by atoms with Gasteiger partial charge in [0.25, 0.3) is 0 Å². The minimum absolute atomic E-state index is 0.240. The molecule has 2 atom stereocenters. The Labute approximate surface area is 297 Å². The van der Waals surface area contributed by atoms with Crippen molar-refractivity contribution in [1.29, 1.82) is 0 Å². The molecule has 2 unspecified atom stereocenters. The molecule has 10 rings (SSSR count). The van der Waals surface area contributed by atoms with Crippen molar-refractivity contribution in [2.45, 2.75) is 17.6 Å². The molecule has 0 radical (unpaired) electrons. The zero-order valence-electron chi connectivity index (χ0n) is 28.1. The molecular formula is C47H36O4. The number of ether oxygens (including phenoxy) is 4. The van der Waals surface area contributed by atoms with Gasteiger partial charge in [0.2, 0.25) is 0 Å². The molecule has 7 aromatic carbocycles. The van der Waals surface area contributed by atoms with Gasteiger partial charge in [0.15, 0.2) is 0 Å². The van der Waals surface area contributed by atoms with Crippen molar-refractivity contribution in [3.05, 3.63) is 180 Å². The predicted octanol–water partition coefficient (Wildman–Crippen LogP) is 10.1. The average Bonchev–Trinajstić information content (AvgIpc) is 4.15. The fourth-order valence-corrected chi connectivity index (χ4v) is 7.77. The Morgan fingerprint density at radius 2 is 0.882 bits per heavy atom. The third-order valence-electron chi connectivity index (χ3n) is 10.6. The predicted molar refractivity (Wildman–Crippen MR) is 203 cm³/mol. The summed E-state index contributed by atoms with van der Waals surface area (Å²) in [6.45, 7) is 2.80. The van der Waals surface area contributed by atoms with Crippen LogP contribution in [0.3, 0.4) is 0 Å². The van der Waals surface area contributed by atoms with Crippen molar-refractivity contribution < 1.29 is 18.9 Å². The van der Waals surface area contributed by atoms with Crippen LogP contribution in [0.2, 0.25) is 0 Å². The summed E-state index contributed by atoms with van der Waals surface area (Å²) in [6, 6.07) is 57.5. The number of epoxide rings is 2. The Hall–Kier alpha value is -5.68. The molecule has 4 nitrogen and oxygen atoms in total.